The molecular weight excluding hydrogens is 312 g/mol. The molecule has 0 atom stereocenters. The van der Waals surface area contributed by atoms with Gasteiger partial charge < -0.3 is 0 Å². The smallest absolute Gasteiger partial charge is 0.0274 e. The lowest BCUT2D eigenvalue weighted by atomic mass is 9.87. The molecule has 26 heavy (non-hydrogen) atoms. The molecule has 0 nitrogen and oxygen atoms in total. The van der Waals surface area contributed by atoms with E-state index < -0.39 is 0 Å². The maximum atomic E-state index is 2.50. The van der Waals surface area contributed by atoms with Crippen LogP contribution in [0.3, 0.4) is 0 Å². The molecule has 1 saturated carbocycles. The van der Waals surface area contributed by atoms with Crippen LogP contribution in [0, 0.1) is 31.6 Å². The fourth-order valence-corrected chi connectivity index (χ4v) is 4.33. The van der Waals surface area contributed by atoms with Crippen molar-refractivity contribution in [3.8, 4) is 0 Å². The van der Waals surface area contributed by atoms with E-state index in [0.29, 0.717) is 5.41 Å². The predicted molar refractivity (Wildman–Crippen MR) is 117 cm³/mol. The summed E-state index contributed by atoms with van der Waals surface area (Å²) in [5.41, 5.74) is 9.13. The third-order valence-electron chi connectivity index (χ3n) is 6.80. The molecule has 0 saturated heterocycles. The third kappa shape index (κ3) is 6.75. The SMILES string of the molecule is Cc1cc(CCCCCC(C)(C)C)c(C)c(C)c1CCCCC1(C)CC1. The van der Waals surface area contributed by atoms with E-state index in [4.69, 9.17) is 0 Å². The Kier molecular flexibility index (Phi) is 7.40. The summed E-state index contributed by atoms with van der Waals surface area (Å²) in [5, 5.41) is 0. The normalized spacial score (nSPS) is 16.1. The van der Waals surface area contributed by atoms with Gasteiger partial charge in [-0.05, 0) is 111 Å². The molecule has 0 unspecified atom stereocenters. The Morgan fingerprint density at radius 3 is 2.12 bits per heavy atom. The van der Waals surface area contributed by atoms with Gasteiger partial charge in [-0.1, -0.05) is 53.0 Å². The second-order valence-electron chi connectivity index (χ2n) is 10.7. The van der Waals surface area contributed by atoms with Crippen LogP contribution in [0.5, 0.6) is 0 Å². The quantitative estimate of drug-likeness (QED) is 0.370. The zero-order chi connectivity index (χ0) is 19.4. The summed E-state index contributed by atoms with van der Waals surface area (Å²) in [4.78, 5) is 0. The average Bonchev–Trinajstić information content (AvgIpc) is 3.27. The highest BCUT2D eigenvalue weighted by Gasteiger charge is 2.35. The molecule has 0 heteroatoms. The Labute approximate surface area is 164 Å². The molecule has 0 spiro atoms. The molecule has 0 aromatic heterocycles. The van der Waals surface area contributed by atoms with E-state index in [1.165, 1.54) is 76.2 Å². The van der Waals surface area contributed by atoms with Crippen LogP contribution in [0.1, 0.15) is 113 Å². The van der Waals surface area contributed by atoms with Crippen molar-refractivity contribution in [3.05, 3.63) is 33.9 Å². The van der Waals surface area contributed by atoms with Gasteiger partial charge in [0.15, 0.2) is 0 Å². The van der Waals surface area contributed by atoms with E-state index in [9.17, 15) is 0 Å². The molecule has 0 aliphatic heterocycles. The molecule has 1 aliphatic rings. The number of rotatable bonds is 10. The van der Waals surface area contributed by atoms with Gasteiger partial charge in [0.1, 0.15) is 0 Å². The van der Waals surface area contributed by atoms with Gasteiger partial charge in [0.2, 0.25) is 0 Å². The molecule has 0 bridgehead atoms. The van der Waals surface area contributed by atoms with E-state index >= 15 is 0 Å². The first-order chi connectivity index (χ1) is 12.1. The third-order valence-corrected chi connectivity index (χ3v) is 6.80. The van der Waals surface area contributed by atoms with Crippen molar-refractivity contribution in [2.24, 2.45) is 10.8 Å². The van der Waals surface area contributed by atoms with Crippen molar-refractivity contribution in [1.82, 2.24) is 0 Å². The van der Waals surface area contributed by atoms with Gasteiger partial charge in [-0.25, -0.2) is 0 Å². The Hall–Kier alpha value is -0.780. The molecule has 148 valence electrons. The van der Waals surface area contributed by atoms with E-state index in [1.807, 2.05) is 0 Å². The molecule has 0 heterocycles. The standard InChI is InChI=1S/C26H44/c1-20-19-23(13-9-8-11-15-25(4,5)6)21(2)22(3)24(20)14-10-12-16-26(7)17-18-26/h19H,8-18H2,1-7H3. The van der Waals surface area contributed by atoms with Crippen LogP contribution in [0.25, 0.3) is 0 Å². The van der Waals surface area contributed by atoms with E-state index in [1.54, 1.807) is 22.3 Å². The van der Waals surface area contributed by atoms with Crippen molar-refractivity contribution < 1.29 is 0 Å². The number of aryl methyl sites for hydroxylation is 2. The minimum absolute atomic E-state index is 0.488. The van der Waals surface area contributed by atoms with Crippen LogP contribution < -0.4 is 0 Å². The average molecular weight is 357 g/mol. The van der Waals surface area contributed by atoms with Crippen LogP contribution in [0.15, 0.2) is 6.07 Å². The first-order valence-corrected chi connectivity index (χ1v) is 11.2. The van der Waals surface area contributed by atoms with Gasteiger partial charge in [-0.15, -0.1) is 0 Å². The monoisotopic (exact) mass is 356 g/mol. The number of hydrogen-bond acceptors (Lipinski definition) is 0. The summed E-state index contributed by atoms with van der Waals surface area (Å²) in [6, 6.07) is 2.50. The first-order valence-electron chi connectivity index (χ1n) is 11.2. The lowest BCUT2D eigenvalue weighted by Crippen LogP contribution is -2.04. The second-order valence-corrected chi connectivity index (χ2v) is 10.7. The van der Waals surface area contributed by atoms with Gasteiger partial charge in [-0.2, -0.15) is 0 Å². The summed E-state index contributed by atoms with van der Waals surface area (Å²) in [6.45, 7) is 16.6. The Balaban J connectivity index is 1.83. The Morgan fingerprint density at radius 2 is 1.50 bits per heavy atom. The minimum atomic E-state index is 0.488. The highest BCUT2D eigenvalue weighted by molar-refractivity contribution is 5.44. The molecule has 1 aliphatic carbocycles. The molecule has 0 radical (unpaired) electrons. The van der Waals surface area contributed by atoms with Crippen molar-refractivity contribution >= 4 is 0 Å². The van der Waals surface area contributed by atoms with E-state index in [-0.39, 0.29) is 0 Å². The summed E-state index contributed by atoms with van der Waals surface area (Å²) in [5.74, 6) is 0. The zero-order valence-corrected chi connectivity index (χ0v) is 18.9. The lowest BCUT2D eigenvalue weighted by Gasteiger charge is -2.19. The van der Waals surface area contributed by atoms with Crippen LogP contribution in [-0.2, 0) is 12.8 Å². The fourth-order valence-electron chi connectivity index (χ4n) is 4.33. The predicted octanol–water partition coefficient (Wildman–Crippen LogP) is 8.27. The van der Waals surface area contributed by atoms with Crippen LogP contribution in [-0.4, -0.2) is 0 Å². The molecular formula is C26H44. The minimum Gasteiger partial charge on any atom is -0.0602 e. The maximum absolute atomic E-state index is 2.50. The molecule has 0 N–H and O–H groups in total. The Bertz CT molecular complexity index is 581. The van der Waals surface area contributed by atoms with Gasteiger partial charge in [0, 0.05) is 0 Å². The molecule has 1 fully saturated rings. The van der Waals surface area contributed by atoms with E-state index in [0.717, 1.165) is 5.41 Å². The lowest BCUT2D eigenvalue weighted by molar-refractivity contribution is 0.358. The van der Waals surface area contributed by atoms with Gasteiger partial charge in [-0.3, -0.25) is 0 Å². The highest BCUT2D eigenvalue weighted by atomic mass is 14.4. The Morgan fingerprint density at radius 1 is 0.846 bits per heavy atom. The topological polar surface area (TPSA) is 0 Å². The number of unbranched alkanes of at least 4 members (excludes halogenated alkanes) is 3. The molecule has 2 rings (SSSR count). The first kappa shape index (κ1) is 21.5. The van der Waals surface area contributed by atoms with Crippen molar-refractivity contribution in [2.45, 2.75) is 119 Å². The fraction of sp³-hybridized carbons (Fsp3) is 0.769. The molecule has 1 aromatic carbocycles. The van der Waals surface area contributed by atoms with Gasteiger partial charge in [0.25, 0.3) is 0 Å². The summed E-state index contributed by atoms with van der Waals surface area (Å²) >= 11 is 0. The van der Waals surface area contributed by atoms with Gasteiger partial charge in [0.05, 0.1) is 0 Å². The molecule has 1 aromatic rings. The van der Waals surface area contributed by atoms with Gasteiger partial charge >= 0.3 is 0 Å². The van der Waals surface area contributed by atoms with Crippen molar-refractivity contribution in [3.63, 3.8) is 0 Å². The summed E-state index contributed by atoms with van der Waals surface area (Å²) < 4.78 is 0. The number of hydrogen-bond donors (Lipinski definition) is 0. The highest BCUT2D eigenvalue weighted by Crippen LogP contribution is 2.49. The zero-order valence-electron chi connectivity index (χ0n) is 18.9. The number of benzene rings is 1. The largest absolute Gasteiger partial charge is 0.0602 e. The van der Waals surface area contributed by atoms with Crippen molar-refractivity contribution in [2.75, 3.05) is 0 Å². The van der Waals surface area contributed by atoms with Crippen LogP contribution >= 0.6 is 0 Å². The summed E-state index contributed by atoms with van der Waals surface area (Å²) in [6.07, 6.45) is 15.1. The van der Waals surface area contributed by atoms with Crippen molar-refractivity contribution in [1.29, 1.82) is 0 Å². The second kappa shape index (κ2) is 8.94. The van der Waals surface area contributed by atoms with Crippen LogP contribution in [0.2, 0.25) is 0 Å². The summed E-state index contributed by atoms with van der Waals surface area (Å²) in [7, 11) is 0. The van der Waals surface area contributed by atoms with Crippen LogP contribution in [0.4, 0.5) is 0 Å². The van der Waals surface area contributed by atoms with E-state index in [2.05, 4.69) is 54.5 Å². The molecule has 0 amide bonds. The maximum Gasteiger partial charge on any atom is -0.0274 e.